The highest BCUT2D eigenvalue weighted by atomic mass is 79.9. The van der Waals surface area contributed by atoms with Crippen molar-refractivity contribution in [1.82, 2.24) is 5.32 Å². The third-order valence-electron chi connectivity index (χ3n) is 3.91. The van der Waals surface area contributed by atoms with Crippen LogP contribution in [-0.4, -0.2) is 24.4 Å². The van der Waals surface area contributed by atoms with Crippen LogP contribution in [0.1, 0.15) is 31.2 Å². The van der Waals surface area contributed by atoms with E-state index in [-0.39, 0.29) is 0 Å². The van der Waals surface area contributed by atoms with Gasteiger partial charge in [-0.05, 0) is 46.5 Å². The molecule has 1 aromatic rings. The number of thioether (sulfide) groups is 1. The van der Waals surface area contributed by atoms with Gasteiger partial charge in [-0.3, -0.25) is 4.99 Å². The lowest BCUT2D eigenvalue weighted by Crippen LogP contribution is -2.36. The van der Waals surface area contributed by atoms with Gasteiger partial charge in [0, 0.05) is 5.75 Å². The van der Waals surface area contributed by atoms with Gasteiger partial charge in [-0.1, -0.05) is 30.7 Å². The number of fused-ring (bicyclic) bond motifs is 1. The lowest BCUT2D eigenvalue weighted by Gasteiger charge is -2.23. The Kier molecular flexibility index (Phi) is 4.56. The second-order valence-corrected chi connectivity index (χ2v) is 7.11. The Labute approximate surface area is 132 Å². The molecule has 0 unspecified atom stereocenters. The summed E-state index contributed by atoms with van der Waals surface area (Å²) in [7, 11) is 1.69. The van der Waals surface area contributed by atoms with E-state index in [2.05, 4.69) is 33.4 Å². The predicted molar refractivity (Wildman–Crippen MR) is 88.6 cm³/mol. The summed E-state index contributed by atoms with van der Waals surface area (Å²) in [5.74, 6) is 1.81. The molecule has 5 heteroatoms. The fourth-order valence-corrected chi connectivity index (χ4v) is 4.33. The van der Waals surface area contributed by atoms with Crippen LogP contribution in [0.2, 0.25) is 0 Å². The van der Waals surface area contributed by atoms with E-state index >= 15 is 0 Å². The number of hydrogen-bond donors (Lipinski definition) is 1. The maximum atomic E-state index is 5.25. The second-order valence-electron chi connectivity index (χ2n) is 5.29. The standard InChI is InChI=1S/C15H19BrN2OS/c1-19-14-7-6-10(8-11(14)16)9-20-15-17-12-4-2-3-5-13(12)18-15/h6-8,12-13H,2-5,9H2,1H3,(H,17,18)/t12-,13-/m0/s1. The zero-order valence-electron chi connectivity index (χ0n) is 11.6. The van der Waals surface area contributed by atoms with Crippen LogP contribution in [-0.2, 0) is 5.75 Å². The number of rotatable bonds is 3. The van der Waals surface area contributed by atoms with E-state index in [0.29, 0.717) is 12.1 Å². The van der Waals surface area contributed by atoms with Crippen molar-refractivity contribution < 1.29 is 4.74 Å². The fraction of sp³-hybridized carbons (Fsp3) is 0.533. The zero-order valence-corrected chi connectivity index (χ0v) is 14.0. The van der Waals surface area contributed by atoms with Gasteiger partial charge in [0.25, 0.3) is 0 Å². The fourth-order valence-electron chi connectivity index (χ4n) is 2.81. The molecule has 0 spiro atoms. The SMILES string of the molecule is COc1ccc(CSC2=N[C@H]3CCCC[C@@H]3N2)cc1Br. The van der Waals surface area contributed by atoms with Crippen LogP contribution in [0.15, 0.2) is 27.7 Å². The average Bonchev–Trinajstić information content (AvgIpc) is 2.88. The second kappa shape index (κ2) is 6.39. The smallest absolute Gasteiger partial charge is 0.157 e. The molecule has 0 radical (unpaired) electrons. The lowest BCUT2D eigenvalue weighted by atomic mass is 9.92. The molecule has 1 aliphatic heterocycles. The molecule has 1 fully saturated rings. The Bertz CT molecular complexity index is 521. The van der Waals surface area contributed by atoms with Crippen LogP contribution in [0.4, 0.5) is 0 Å². The summed E-state index contributed by atoms with van der Waals surface area (Å²) in [5.41, 5.74) is 1.28. The van der Waals surface area contributed by atoms with Crippen LogP contribution in [0, 0.1) is 0 Å². The molecule has 3 nitrogen and oxygen atoms in total. The Morgan fingerprint density at radius 3 is 3.00 bits per heavy atom. The van der Waals surface area contributed by atoms with Crippen LogP contribution in [0.25, 0.3) is 0 Å². The summed E-state index contributed by atoms with van der Waals surface area (Å²) in [5, 5.41) is 4.70. The first kappa shape index (κ1) is 14.3. The van der Waals surface area contributed by atoms with Gasteiger partial charge in [-0.25, -0.2) is 0 Å². The highest BCUT2D eigenvalue weighted by Gasteiger charge is 2.30. The van der Waals surface area contributed by atoms with E-state index in [4.69, 9.17) is 9.73 Å². The predicted octanol–water partition coefficient (Wildman–Crippen LogP) is 3.96. The quantitative estimate of drug-likeness (QED) is 0.891. The van der Waals surface area contributed by atoms with Gasteiger partial charge in [0.15, 0.2) is 5.17 Å². The molecule has 20 heavy (non-hydrogen) atoms. The van der Waals surface area contributed by atoms with Crippen molar-refractivity contribution >= 4 is 32.9 Å². The molecule has 1 aromatic carbocycles. The van der Waals surface area contributed by atoms with Crippen molar-refractivity contribution in [2.24, 2.45) is 4.99 Å². The molecular formula is C15H19BrN2OS. The van der Waals surface area contributed by atoms with E-state index in [1.807, 2.05) is 6.07 Å². The highest BCUT2D eigenvalue weighted by molar-refractivity contribution is 9.10. The lowest BCUT2D eigenvalue weighted by molar-refractivity contribution is 0.385. The first-order chi connectivity index (χ1) is 9.76. The molecule has 0 aromatic heterocycles. The van der Waals surface area contributed by atoms with E-state index in [9.17, 15) is 0 Å². The van der Waals surface area contributed by atoms with Crippen LogP contribution in [0.5, 0.6) is 5.75 Å². The number of halogens is 1. The summed E-state index contributed by atoms with van der Waals surface area (Å²) in [6, 6.07) is 7.35. The molecule has 1 N–H and O–H groups in total. The number of ether oxygens (including phenoxy) is 1. The number of benzene rings is 1. The van der Waals surface area contributed by atoms with Gasteiger partial charge >= 0.3 is 0 Å². The topological polar surface area (TPSA) is 33.6 Å². The maximum Gasteiger partial charge on any atom is 0.157 e. The number of nitrogens with one attached hydrogen (secondary N) is 1. The van der Waals surface area contributed by atoms with E-state index in [1.165, 1.54) is 31.2 Å². The molecule has 1 aliphatic carbocycles. The van der Waals surface area contributed by atoms with Gasteiger partial charge in [-0.15, -0.1) is 0 Å². The average molecular weight is 355 g/mol. The van der Waals surface area contributed by atoms with Gasteiger partial charge < -0.3 is 10.1 Å². The minimum Gasteiger partial charge on any atom is -0.496 e. The molecule has 3 rings (SSSR count). The number of aliphatic imine (C=N–C) groups is 1. The van der Waals surface area contributed by atoms with E-state index < -0.39 is 0 Å². The third-order valence-corrected chi connectivity index (χ3v) is 5.51. The zero-order chi connectivity index (χ0) is 13.9. The van der Waals surface area contributed by atoms with E-state index in [1.54, 1.807) is 18.9 Å². The largest absolute Gasteiger partial charge is 0.496 e. The third kappa shape index (κ3) is 3.14. The Morgan fingerprint density at radius 2 is 2.25 bits per heavy atom. The van der Waals surface area contributed by atoms with Gasteiger partial charge in [0.05, 0.1) is 23.7 Å². The van der Waals surface area contributed by atoms with Crippen LogP contribution < -0.4 is 10.1 Å². The molecule has 0 saturated heterocycles. The summed E-state index contributed by atoms with van der Waals surface area (Å²) in [4.78, 5) is 4.81. The minimum atomic E-state index is 0.522. The van der Waals surface area contributed by atoms with Crippen molar-refractivity contribution in [2.45, 2.75) is 43.5 Å². The van der Waals surface area contributed by atoms with E-state index in [0.717, 1.165) is 21.1 Å². The monoisotopic (exact) mass is 354 g/mol. The van der Waals surface area contributed by atoms with Crippen molar-refractivity contribution in [1.29, 1.82) is 0 Å². The first-order valence-electron chi connectivity index (χ1n) is 7.06. The van der Waals surface area contributed by atoms with Crippen molar-refractivity contribution in [3.63, 3.8) is 0 Å². The highest BCUT2D eigenvalue weighted by Crippen LogP contribution is 2.30. The number of amidine groups is 1. The number of methoxy groups -OCH3 is 1. The maximum absolute atomic E-state index is 5.25. The van der Waals surface area contributed by atoms with Crippen LogP contribution >= 0.6 is 27.7 Å². The Hall–Kier alpha value is -0.680. The van der Waals surface area contributed by atoms with Gasteiger partial charge in [0.2, 0.25) is 0 Å². The normalized spacial score (nSPS) is 24.8. The molecule has 2 atom stereocenters. The number of hydrogen-bond acceptors (Lipinski definition) is 4. The summed E-state index contributed by atoms with van der Waals surface area (Å²) < 4.78 is 6.26. The summed E-state index contributed by atoms with van der Waals surface area (Å²) in [6.45, 7) is 0. The molecular weight excluding hydrogens is 336 g/mol. The summed E-state index contributed by atoms with van der Waals surface area (Å²) >= 11 is 5.33. The van der Waals surface area contributed by atoms with Gasteiger partial charge in [-0.2, -0.15) is 0 Å². The van der Waals surface area contributed by atoms with Crippen LogP contribution in [0.3, 0.4) is 0 Å². The Morgan fingerprint density at radius 1 is 1.40 bits per heavy atom. The summed E-state index contributed by atoms with van der Waals surface area (Å²) in [6.07, 6.45) is 5.19. The Balaban J connectivity index is 1.58. The minimum absolute atomic E-state index is 0.522. The van der Waals surface area contributed by atoms with Crippen molar-refractivity contribution in [3.8, 4) is 5.75 Å². The first-order valence-corrected chi connectivity index (χ1v) is 8.83. The molecule has 0 bridgehead atoms. The molecule has 0 amide bonds. The molecule has 108 valence electrons. The van der Waals surface area contributed by atoms with Crippen molar-refractivity contribution in [3.05, 3.63) is 28.2 Å². The number of nitrogens with zero attached hydrogens (tertiary/aromatic N) is 1. The molecule has 1 heterocycles. The van der Waals surface area contributed by atoms with Crippen molar-refractivity contribution in [2.75, 3.05) is 7.11 Å². The van der Waals surface area contributed by atoms with Gasteiger partial charge in [0.1, 0.15) is 5.75 Å². The molecule has 1 saturated carbocycles. The molecule has 2 aliphatic rings.